The zero-order chi connectivity index (χ0) is 14.9. The molecule has 1 aromatic carbocycles. The zero-order valence-electron chi connectivity index (χ0n) is 13.7. The highest BCUT2D eigenvalue weighted by atomic mass is 15.3. The van der Waals surface area contributed by atoms with Crippen molar-refractivity contribution in [1.29, 1.82) is 0 Å². The molecule has 2 fully saturated rings. The predicted molar refractivity (Wildman–Crippen MR) is 91.7 cm³/mol. The lowest BCUT2D eigenvalue weighted by Crippen LogP contribution is -2.47. The van der Waals surface area contributed by atoms with E-state index >= 15 is 0 Å². The minimum atomic E-state index is 0.899. The first-order valence-corrected chi connectivity index (χ1v) is 8.95. The van der Waals surface area contributed by atoms with Crippen molar-refractivity contribution in [1.82, 2.24) is 9.80 Å². The van der Waals surface area contributed by atoms with Gasteiger partial charge in [-0.1, -0.05) is 42.0 Å². The van der Waals surface area contributed by atoms with E-state index in [1.54, 1.807) is 0 Å². The summed E-state index contributed by atoms with van der Waals surface area (Å²) in [5.41, 5.74) is 2.81. The molecule has 2 heteroatoms. The van der Waals surface area contributed by atoms with Crippen molar-refractivity contribution >= 4 is 0 Å². The topological polar surface area (TPSA) is 6.48 Å². The van der Waals surface area contributed by atoms with Gasteiger partial charge in [0.25, 0.3) is 0 Å². The van der Waals surface area contributed by atoms with Gasteiger partial charge >= 0.3 is 0 Å². The number of rotatable bonds is 4. The molecule has 1 saturated heterocycles. The van der Waals surface area contributed by atoms with E-state index in [0.29, 0.717) is 0 Å². The maximum Gasteiger partial charge on any atom is 0.0234 e. The molecule has 1 aromatic rings. The molecule has 2 aliphatic carbocycles. The molecule has 0 aromatic heterocycles. The Kier molecular flexibility index (Phi) is 4.06. The Balaban J connectivity index is 1.24. The van der Waals surface area contributed by atoms with Crippen LogP contribution in [0.4, 0.5) is 0 Å². The Morgan fingerprint density at radius 2 is 1.64 bits per heavy atom. The summed E-state index contributed by atoms with van der Waals surface area (Å²) in [6, 6.07) is 9.02. The van der Waals surface area contributed by atoms with Gasteiger partial charge in [0.2, 0.25) is 0 Å². The molecule has 2 bridgehead atoms. The summed E-state index contributed by atoms with van der Waals surface area (Å²) in [6.45, 7) is 9.57. The number of hydrogen-bond donors (Lipinski definition) is 0. The molecule has 0 spiro atoms. The van der Waals surface area contributed by atoms with E-state index in [1.807, 2.05) is 0 Å². The highest BCUT2D eigenvalue weighted by Crippen LogP contribution is 2.43. The second-order valence-electron chi connectivity index (χ2n) is 7.60. The van der Waals surface area contributed by atoms with Crippen molar-refractivity contribution in [3.05, 3.63) is 47.5 Å². The number of allylic oxidation sites excluding steroid dienone is 2. The van der Waals surface area contributed by atoms with Crippen molar-refractivity contribution in [2.75, 3.05) is 32.7 Å². The van der Waals surface area contributed by atoms with Crippen LogP contribution in [0, 0.1) is 24.7 Å². The molecular weight excluding hydrogens is 268 g/mol. The quantitative estimate of drug-likeness (QED) is 0.786. The predicted octanol–water partition coefficient (Wildman–Crippen LogP) is 3.32. The monoisotopic (exact) mass is 296 g/mol. The third-order valence-corrected chi connectivity index (χ3v) is 5.90. The average molecular weight is 296 g/mol. The van der Waals surface area contributed by atoms with Gasteiger partial charge in [-0.05, 0) is 43.1 Å². The number of aryl methyl sites for hydroxylation is 1. The normalized spacial score (nSPS) is 32.0. The van der Waals surface area contributed by atoms with Gasteiger partial charge in [0, 0.05) is 39.3 Å². The molecule has 22 heavy (non-hydrogen) atoms. The molecule has 3 atom stereocenters. The first-order valence-electron chi connectivity index (χ1n) is 8.95. The van der Waals surface area contributed by atoms with Gasteiger partial charge in [0.05, 0.1) is 0 Å². The average Bonchev–Trinajstić information content (AvgIpc) is 3.14. The molecule has 1 saturated carbocycles. The van der Waals surface area contributed by atoms with Crippen LogP contribution in [-0.4, -0.2) is 42.5 Å². The third-order valence-electron chi connectivity index (χ3n) is 5.90. The van der Waals surface area contributed by atoms with E-state index in [1.165, 1.54) is 56.7 Å². The minimum Gasteiger partial charge on any atom is -0.300 e. The Hall–Kier alpha value is -1.12. The van der Waals surface area contributed by atoms with Crippen LogP contribution in [0.2, 0.25) is 0 Å². The second kappa shape index (κ2) is 6.17. The van der Waals surface area contributed by atoms with Gasteiger partial charge in [-0.15, -0.1) is 0 Å². The van der Waals surface area contributed by atoms with Gasteiger partial charge < -0.3 is 4.90 Å². The van der Waals surface area contributed by atoms with Crippen LogP contribution in [0.5, 0.6) is 0 Å². The molecule has 0 radical (unpaired) electrons. The van der Waals surface area contributed by atoms with Crippen LogP contribution in [0.15, 0.2) is 36.4 Å². The fraction of sp³-hybridized carbons (Fsp3) is 0.600. The molecular formula is C20H28N2. The lowest BCUT2D eigenvalue weighted by Gasteiger charge is -2.37. The van der Waals surface area contributed by atoms with Gasteiger partial charge in [-0.25, -0.2) is 0 Å². The second-order valence-corrected chi connectivity index (χ2v) is 7.60. The maximum atomic E-state index is 2.71. The Bertz CT molecular complexity index is 525. The smallest absolute Gasteiger partial charge is 0.0234 e. The van der Waals surface area contributed by atoms with Gasteiger partial charge in [-0.3, -0.25) is 4.90 Å². The first-order chi connectivity index (χ1) is 10.8. The van der Waals surface area contributed by atoms with Crippen LogP contribution < -0.4 is 0 Å². The van der Waals surface area contributed by atoms with Gasteiger partial charge in [-0.2, -0.15) is 0 Å². The summed E-state index contributed by atoms with van der Waals surface area (Å²) < 4.78 is 0. The summed E-state index contributed by atoms with van der Waals surface area (Å²) in [5, 5.41) is 0. The summed E-state index contributed by atoms with van der Waals surface area (Å²) in [5.74, 6) is 2.76. The summed E-state index contributed by atoms with van der Waals surface area (Å²) in [7, 11) is 0. The van der Waals surface area contributed by atoms with E-state index < -0.39 is 0 Å². The van der Waals surface area contributed by atoms with Crippen molar-refractivity contribution in [2.45, 2.75) is 26.3 Å². The van der Waals surface area contributed by atoms with Crippen LogP contribution >= 0.6 is 0 Å². The number of fused-ring (bicyclic) bond motifs is 2. The van der Waals surface area contributed by atoms with Crippen molar-refractivity contribution < 1.29 is 0 Å². The van der Waals surface area contributed by atoms with Crippen molar-refractivity contribution in [3.63, 3.8) is 0 Å². The van der Waals surface area contributed by atoms with E-state index in [0.717, 1.165) is 24.3 Å². The number of nitrogens with zero attached hydrogens (tertiary/aromatic N) is 2. The van der Waals surface area contributed by atoms with Crippen molar-refractivity contribution in [3.8, 4) is 0 Å². The number of benzene rings is 1. The molecule has 0 N–H and O–H groups in total. The fourth-order valence-corrected chi connectivity index (χ4v) is 4.52. The zero-order valence-corrected chi connectivity index (χ0v) is 13.7. The molecule has 3 aliphatic rings. The third kappa shape index (κ3) is 3.13. The molecule has 0 unspecified atom stereocenters. The Morgan fingerprint density at radius 1 is 0.909 bits per heavy atom. The van der Waals surface area contributed by atoms with Crippen LogP contribution in [-0.2, 0) is 6.54 Å². The summed E-state index contributed by atoms with van der Waals surface area (Å²) in [4.78, 5) is 5.33. The largest absolute Gasteiger partial charge is 0.300 e. The standard InChI is InChI=1S/C20H28N2/c1-16-2-4-17(5-3-16)14-21-8-10-22(11-9-21)15-20-13-18-6-7-19(20)12-18/h2-7,18-20H,8-15H2,1H3/t18-,19-,20+/m1/s1. The summed E-state index contributed by atoms with van der Waals surface area (Å²) in [6.07, 6.45) is 7.84. The lowest BCUT2D eigenvalue weighted by atomic mass is 9.93. The van der Waals surface area contributed by atoms with E-state index in [-0.39, 0.29) is 0 Å². The molecule has 1 aliphatic heterocycles. The molecule has 118 valence electrons. The lowest BCUT2D eigenvalue weighted by molar-refractivity contribution is 0.108. The molecule has 2 nitrogen and oxygen atoms in total. The Labute approximate surface area is 134 Å². The van der Waals surface area contributed by atoms with E-state index in [9.17, 15) is 0 Å². The highest BCUT2D eigenvalue weighted by Gasteiger charge is 2.36. The van der Waals surface area contributed by atoms with Crippen molar-refractivity contribution in [2.24, 2.45) is 17.8 Å². The van der Waals surface area contributed by atoms with Gasteiger partial charge in [0.15, 0.2) is 0 Å². The van der Waals surface area contributed by atoms with Crippen LogP contribution in [0.3, 0.4) is 0 Å². The minimum absolute atomic E-state index is 0.899. The SMILES string of the molecule is Cc1ccc(CN2CCN(C[C@@H]3C[C@@H]4C=C[C@@H]3C4)CC2)cc1. The number of piperazine rings is 1. The highest BCUT2D eigenvalue weighted by molar-refractivity contribution is 5.21. The van der Waals surface area contributed by atoms with E-state index in [4.69, 9.17) is 0 Å². The van der Waals surface area contributed by atoms with Crippen LogP contribution in [0.25, 0.3) is 0 Å². The van der Waals surface area contributed by atoms with Crippen LogP contribution in [0.1, 0.15) is 24.0 Å². The van der Waals surface area contributed by atoms with E-state index in [2.05, 4.69) is 53.1 Å². The number of hydrogen-bond acceptors (Lipinski definition) is 2. The maximum absolute atomic E-state index is 2.71. The fourth-order valence-electron chi connectivity index (χ4n) is 4.52. The molecule has 4 rings (SSSR count). The van der Waals surface area contributed by atoms with Gasteiger partial charge in [0.1, 0.15) is 0 Å². The Morgan fingerprint density at radius 3 is 2.27 bits per heavy atom. The molecule has 1 heterocycles. The first kappa shape index (κ1) is 14.5. The molecule has 0 amide bonds. The summed E-state index contributed by atoms with van der Waals surface area (Å²) >= 11 is 0.